The van der Waals surface area contributed by atoms with E-state index in [2.05, 4.69) is 64.0 Å². The molecule has 1 N–H and O–H groups in total. The number of nitrogens with zero attached hydrogens (tertiary/aromatic N) is 1. The molecule has 0 radical (unpaired) electrons. The van der Waals surface area contributed by atoms with Crippen LogP contribution in [-0.4, -0.2) is 9.97 Å². The van der Waals surface area contributed by atoms with Crippen molar-refractivity contribution in [3.8, 4) is 0 Å². The first-order valence-electron chi connectivity index (χ1n) is 6.07. The summed E-state index contributed by atoms with van der Waals surface area (Å²) in [6, 6.07) is 8.51. The third-order valence-corrected chi connectivity index (χ3v) is 5.17. The maximum absolute atomic E-state index is 5.26. The van der Waals surface area contributed by atoms with Crippen LogP contribution in [0, 0.1) is 11.6 Å². The van der Waals surface area contributed by atoms with Gasteiger partial charge in [-0.25, -0.2) is 4.98 Å². The van der Waals surface area contributed by atoms with E-state index in [0.717, 1.165) is 28.2 Å². The van der Waals surface area contributed by atoms with Gasteiger partial charge in [0.2, 0.25) is 0 Å². The average molecular weight is 355 g/mol. The van der Waals surface area contributed by atoms with Gasteiger partial charge in [0.1, 0.15) is 10.5 Å². The largest absolute Gasteiger partial charge is 0.345 e. The zero-order valence-corrected chi connectivity index (χ0v) is 14.1. The van der Waals surface area contributed by atoms with E-state index in [1.807, 2.05) is 0 Å². The Hall–Kier alpha value is -0.650. The molecule has 2 rings (SSSR count). The summed E-state index contributed by atoms with van der Waals surface area (Å²) in [7, 11) is 0. The number of benzene rings is 1. The van der Waals surface area contributed by atoms with Crippen molar-refractivity contribution in [3.05, 3.63) is 50.5 Å². The van der Waals surface area contributed by atoms with Crippen molar-refractivity contribution < 1.29 is 0 Å². The normalized spacial score (nSPS) is 10.7. The summed E-state index contributed by atoms with van der Waals surface area (Å²) in [4.78, 5) is 8.99. The molecular formula is C14H15BrN2S2. The first-order valence-corrected chi connectivity index (χ1v) is 8.26. The van der Waals surface area contributed by atoms with Crippen molar-refractivity contribution in [3.63, 3.8) is 0 Å². The van der Waals surface area contributed by atoms with Gasteiger partial charge >= 0.3 is 0 Å². The molecule has 0 atom stereocenters. The predicted octanol–water partition coefficient (Wildman–Crippen LogP) is 5.06. The van der Waals surface area contributed by atoms with E-state index in [4.69, 9.17) is 12.2 Å². The number of hydrogen-bond acceptors (Lipinski definition) is 3. The van der Waals surface area contributed by atoms with E-state index in [1.54, 1.807) is 11.8 Å². The number of aryl methyl sites for hydroxylation is 2. The fourth-order valence-corrected chi connectivity index (χ4v) is 3.13. The van der Waals surface area contributed by atoms with E-state index in [-0.39, 0.29) is 0 Å². The number of halogens is 1. The Morgan fingerprint density at radius 1 is 1.32 bits per heavy atom. The predicted molar refractivity (Wildman–Crippen MR) is 87.2 cm³/mol. The quantitative estimate of drug-likeness (QED) is 0.614. The molecule has 1 heterocycles. The van der Waals surface area contributed by atoms with E-state index >= 15 is 0 Å². The summed E-state index contributed by atoms with van der Waals surface area (Å²) in [5, 5.41) is 0. The van der Waals surface area contributed by atoms with Crippen LogP contribution in [0.15, 0.2) is 33.6 Å². The van der Waals surface area contributed by atoms with Crippen LogP contribution in [0.5, 0.6) is 0 Å². The Balaban J connectivity index is 2.13. The molecule has 0 saturated carbocycles. The van der Waals surface area contributed by atoms with E-state index in [0.29, 0.717) is 4.64 Å². The zero-order chi connectivity index (χ0) is 13.8. The molecular weight excluding hydrogens is 340 g/mol. The van der Waals surface area contributed by atoms with Gasteiger partial charge < -0.3 is 4.98 Å². The molecule has 0 fully saturated rings. The molecule has 0 unspecified atom stereocenters. The summed E-state index contributed by atoms with van der Waals surface area (Å²) < 4.78 is 1.55. The van der Waals surface area contributed by atoms with Gasteiger partial charge in [0.05, 0.1) is 10.2 Å². The first kappa shape index (κ1) is 14.8. The van der Waals surface area contributed by atoms with Gasteiger partial charge in [-0.2, -0.15) is 0 Å². The summed E-state index contributed by atoms with van der Waals surface area (Å²) >= 11 is 10.5. The summed E-state index contributed by atoms with van der Waals surface area (Å²) in [6.07, 6.45) is 0.912. The summed E-state index contributed by atoms with van der Waals surface area (Å²) in [6.45, 7) is 4.19. The van der Waals surface area contributed by atoms with Crippen molar-refractivity contribution in [1.29, 1.82) is 0 Å². The van der Waals surface area contributed by atoms with Crippen LogP contribution in [0.1, 0.15) is 24.0 Å². The Morgan fingerprint density at radius 3 is 2.63 bits per heavy atom. The van der Waals surface area contributed by atoms with Gasteiger partial charge in [-0.15, -0.1) is 11.8 Å². The van der Waals surface area contributed by atoms with Crippen molar-refractivity contribution >= 4 is 39.9 Å². The van der Waals surface area contributed by atoms with Crippen molar-refractivity contribution in [1.82, 2.24) is 9.97 Å². The molecule has 0 bridgehead atoms. The summed E-state index contributed by atoms with van der Waals surface area (Å²) in [5.74, 6) is 1.73. The number of aromatic nitrogens is 2. The Kier molecular flexibility index (Phi) is 5.19. The average Bonchev–Trinajstić information content (AvgIpc) is 2.41. The number of H-pyrrole nitrogens is 1. The molecule has 0 aliphatic heterocycles. The molecule has 19 heavy (non-hydrogen) atoms. The van der Waals surface area contributed by atoms with Crippen LogP contribution in [0.3, 0.4) is 0 Å². The van der Waals surface area contributed by atoms with E-state index < -0.39 is 0 Å². The minimum Gasteiger partial charge on any atom is -0.345 e. The highest BCUT2D eigenvalue weighted by Crippen LogP contribution is 2.23. The van der Waals surface area contributed by atoms with Crippen LogP contribution in [0.25, 0.3) is 0 Å². The minimum atomic E-state index is 0.634. The van der Waals surface area contributed by atoms with E-state index in [1.165, 1.54) is 10.5 Å². The number of thioether (sulfide) groups is 1. The monoisotopic (exact) mass is 354 g/mol. The fraction of sp³-hybridized carbons (Fsp3) is 0.286. The molecule has 0 aliphatic rings. The third-order valence-electron chi connectivity index (χ3n) is 2.73. The Morgan fingerprint density at radius 2 is 2.00 bits per heavy atom. The topological polar surface area (TPSA) is 28.7 Å². The summed E-state index contributed by atoms with van der Waals surface area (Å²) in [5.41, 5.74) is 2.39. The molecule has 0 aliphatic carbocycles. The third kappa shape index (κ3) is 3.91. The highest BCUT2D eigenvalue weighted by atomic mass is 79.9. The molecule has 1 aromatic heterocycles. The van der Waals surface area contributed by atoms with Gasteiger partial charge in [0.25, 0.3) is 0 Å². The smallest absolute Gasteiger partial charge is 0.144 e. The molecule has 2 nitrogen and oxygen atoms in total. The van der Waals surface area contributed by atoms with Crippen LogP contribution < -0.4 is 0 Å². The minimum absolute atomic E-state index is 0.634. The lowest BCUT2D eigenvalue weighted by Crippen LogP contribution is -1.99. The van der Waals surface area contributed by atoms with Crippen molar-refractivity contribution in [2.24, 2.45) is 0 Å². The Labute approximate surface area is 131 Å². The first-order chi connectivity index (χ1) is 9.10. The maximum Gasteiger partial charge on any atom is 0.144 e. The highest BCUT2D eigenvalue weighted by Gasteiger charge is 2.05. The lowest BCUT2D eigenvalue weighted by molar-refractivity contribution is 0.920. The molecule has 5 heteroatoms. The van der Waals surface area contributed by atoms with Crippen LogP contribution in [0.2, 0.25) is 0 Å². The molecule has 0 saturated heterocycles. The number of nitrogens with one attached hydrogen (secondary N) is 1. The molecule has 2 aromatic rings. The molecule has 100 valence electrons. The van der Waals surface area contributed by atoms with Crippen molar-refractivity contribution in [2.75, 3.05) is 0 Å². The van der Waals surface area contributed by atoms with Gasteiger partial charge in [0.15, 0.2) is 0 Å². The fourth-order valence-electron chi connectivity index (χ4n) is 1.66. The molecule has 0 amide bonds. The van der Waals surface area contributed by atoms with E-state index in [9.17, 15) is 0 Å². The van der Waals surface area contributed by atoms with Gasteiger partial charge in [-0.1, -0.05) is 36.8 Å². The Bertz CT molecular complexity index is 620. The second-order valence-corrected chi connectivity index (χ2v) is 6.46. The molecule has 1 aromatic carbocycles. The number of aromatic amines is 1. The standard InChI is InChI=1S/C14H15BrN2S2/c1-3-11-13(15)14(18)17-12(16-11)8-19-10-6-4-9(2)5-7-10/h4-7H,3,8H2,1-2H3,(H,16,17,18). The van der Waals surface area contributed by atoms with Crippen molar-refractivity contribution in [2.45, 2.75) is 30.9 Å². The van der Waals surface area contributed by atoms with Crippen LogP contribution >= 0.6 is 39.9 Å². The van der Waals surface area contributed by atoms with Crippen LogP contribution in [-0.2, 0) is 12.2 Å². The van der Waals surface area contributed by atoms with Gasteiger partial charge in [-0.3, -0.25) is 0 Å². The van der Waals surface area contributed by atoms with Gasteiger partial charge in [0, 0.05) is 10.6 Å². The second-order valence-electron chi connectivity index (χ2n) is 4.24. The SMILES string of the molecule is CCc1[nH]c(CSc2ccc(C)cc2)nc(=S)c1Br. The molecule has 0 spiro atoms. The number of hydrogen-bond donors (Lipinski definition) is 1. The second kappa shape index (κ2) is 6.68. The zero-order valence-electron chi connectivity index (χ0n) is 10.9. The maximum atomic E-state index is 5.26. The number of rotatable bonds is 4. The van der Waals surface area contributed by atoms with Crippen LogP contribution in [0.4, 0.5) is 0 Å². The lowest BCUT2D eigenvalue weighted by atomic mass is 10.2. The van der Waals surface area contributed by atoms with Gasteiger partial charge in [-0.05, 0) is 41.4 Å². The highest BCUT2D eigenvalue weighted by molar-refractivity contribution is 9.10. The lowest BCUT2D eigenvalue weighted by Gasteiger charge is -2.07.